The first kappa shape index (κ1) is 19.6. The Bertz CT molecular complexity index is 1070. The summed E-state index contributed by atoms with van der Waals surface area (Å²) in [6, 6.07) is 17.2. The van der Waals surface area contributed by atoms with Crippen LogP contribution in [0.15, 0.2) is 54.6 Å². The second kappa shape index (κ2) is 7.72. The minimum atomic E-state index is -0.928. The average Bonchev–Trinajstić information content (AvgIpc) is 3.51. The minimum Gasteiger partial charge on any atom is -0.490 e. The van der Waals surface area contributed by atoms with Crippen LogP contribution >= 0.6 is 0 Å². The van der Waals surface area contributed by atoms with E-state index in [0.717, 1.165) is 50.5 Å². The largest absolute Gasteiger partial charge is 0.490 e. The maximum Gasteiger partial charge on any atom is 0.335 e. The van der Waals surface area contributed by atoms with Gasteiger partial charge in [-0.25, -0.2) is 4.79 Å². The molecular weight excluding hydrogens is 392 g/mol. The molecule has 0 unspecified atom stereocenters. The topological polar surface area (TPSA) is 80.5 Å². The van der Waals surface area contributed by atoms with Crippen molar-refractivity contribution in [2.75, 3.05) is 18.0 Å². The Morgan fingerprint density at radius 3 is 2.32 bits per heavy atom. The van der Waals surface area contributed by atoms with E-state index in [2.05, 4.69) is 57.0 Å². The molecule has 31 heavy (non-hydrogen) atoms. The summed E-state index contributed by atoms with van der Waals surface area (Å²) >= 11 is 0. The van der Waals surface area contributed by atoms with Gasteiger partial charge in [-0.2, -0.15) is 0 Å². The van der Waals surface area contributed by atoms with Gasteiger partial charge in [-0.3, -0.25) is 4.57 Å². The second-order valence-corrected chi connectivity index (χ2v) is 8.46. The van der Waals surface area contributed by atoms with Gasteiger partial charge in [0.1, 0.15) is 17.7 Å². The van der Waals surface area contributed by atoms with E-state index in [4.69, 9.17) is 9.84 Å². The van der Waals surface area contributed by atoms with E-state index in [-0.39, 0.29) is 17.1 Å². The summed E-state index contributed by atoms with van der Waals surface area (Å²) in [5.74, 6) is 1.75. The highest BCUT2D eigenvalue weighted by atomic mass is 16.5. The van der Waals surface area contributed by atoms with Crippen molar-refractivity contribution >= 4 is 11.9 Å². The molecule has 2 fully saturated rings. The lowest BCUT2D eigenvalue weighted by atomic mass is 9.95. The molecule has 0 radical (unpaired) electrons. The number of carbonyl (C=O) groups is 1. The SMILES string of the molecule is Cn1c(N2CCC(Oc3ccc(C(=O)O)cc3)CC2)nnc1C1(c2ccccc2)CC1. The molecule has 5 rings (SSSR count). The monoisotopic (exact) mass is 418 g/mol. The molecule has 0 spiro atoms. The normalized spacial score (nSPS) is 18.0. The lowest BCUT2D eigenvalue weighted by Gasteiger charge is -2.32. The lowest BCUT2D eigenvalue weighted by Crippen LogP contribution is -2.39. The molecule has 0 amide bonds. The quantitative estimate of drug-likeness (QED) is 0.658. The third-order valence-electron chi connectivity index (χ3n) is 6.49. The van der Waals surface area contributed by atoms with Gasteiger partial charge >= 0.3 is 5.97 Å². The first-order valence-corrected chi connectivity index (χ1v) is 10.8. The van der Waals surface area contributed by atoms with E-state index < -0.39 is 5.97 Å². The van der Waals surface area contributed by atoms with Crippen molar-refractivity contribution in [2.45, 2.75) is 37.2 Å². The Morgan fingerprint density at radius 1 is 1.03 bits per heavy atom. The molecule has 2 aliphatic rings. The van der Waals surface area contributed by atoms with Gasteiger partial charge in [0, 0.05) is 33.0 Å². The first-order valence-electron chi connectivity index (χ1n) is 10.8. The van der Waals surface area contributed by atoms with Crippen LogP contribution in [0.3, 0.4) is 0 Å². The van der Waals surface area contributed by atoms with E-state index in [0.29, 0.717) is 5.75 Å². The fourth-order valence-electron chi connectivity index (χ4n) is 4.58. The average molecular weight is 418 g/mol. The predicted octanol–water partition coefficient (Wildman–Crippen LogP) is 3.64. The van der Waals surface area contributed by atoms with Crippen LogP contribution in [0.25, 0.3) is 0 Å². The van der Waals surface area contributed by atoms with Gasteiger partial charge < -0.3 is 14.7 Å². The highest BCUT2D eigenvalue weighted by molar-refractivity contribution is 5.87. The van der Waals surface area contributed by atoms with Gasteiger partial charge in [-0.05, 0) is 42.7 Å². The number of aromatic carboxylic acids is 1. The van der Waals surface area contributed by atoms with Crippen LogP contribution in [0.4, 0.5) is 5.95 Å². The van der Waals surface area contributed by atoms with Crippen molar-refractivity contribution in [1.29, 1.82) is 0 Å². The molecule has 2 aromatic carbocycles. The summed E-state index contributed by atoms with van der Waals surface area (Å²) in [6.45, 7) is 1.70. The Kier molecular flexibility index (Phi) is 4.88. The zero-order valence-electron chi connectivity index (χ0n) is 17.6. The van der Waals surface area contributed by atoms with Gasteiger partial charge in [-0.1, -0.05) is 30.3 Å². The van der Waals surface area contributed by atoms with Crippen LogP contribution in [-0.2, 0) is 12.5 Å². The van der Waals surface area contributed by atoms with Crippen molar-refractivity contribution in [3.63, 3.8) is 0 Å². The maximum absolute atomic E-state index is 11.0. The van der Waals surface area contributed by atoms with E-state index in [9.17, 15) is 4.79 Å². The molecule has 1 aliphatic heterocycles. The molecule has 1 aromatic heterocycles. The fourth-order valence-corrected chi connectivity index (χ4v) is 4.58. The molecule has 160 valence electrons. The Balaban J connectivity index is 1.24. The number of anilines is 1. The molecular formula is C24H26N4O3. The highest BCUT2D eigenvalue weighted by Crippen LogP contribution is 2.52. The van der Waals surface area contributed by atoms with Crippen molar-refractivity contribution in [2.24, 2.45) is 7.05 Å². The van der Waals surface area contributed by atoms with Crippen LogP contribution in [0, 0.1) is 0 Å². The first-order chi connectivity index (χ1) is 15.1. The fraction of sp³-hybridized carbons (Fsp3) is 0.375. The van der Waals surface area contributed by atoms with Gasteiger partial charge in [0.25, 0.3) is 0 Å². The Labute approximate surface area is 181 Å². The van der Waals surface area contributed by atoms with Crippen LogP contribution in [0.1, 0.15) is 47.4 Å². The number of ether oxygens (including phenoxy) is 1. The predicted molar refractivity (Wildman–Crippen MR) is 117 cm³/mol. The molecule has 0 bridgehead atoms. The standard InChI is InChI=1S/C24H26N4O3/c1-27-22(24(13-14-24)18-5-3-2-4-6-18)25-26-23(27)28-15-11-20(12-16-28)31-19-9-7-17(8-10-19)21(29)30/h2-10,20H,11-16H2,1H3,(H,29,30). The molecule has 7 nitrogen and oxygen atoms in total. The third kappa shape index (κ3) is 3.65. The van der Waals surface area contributed by atoms with Crippen LogP contribution in [0.5, 0.6) is 5.75 Å². The van der Waals surface area contributed by atoms with Crippen LogP contribution < -0.4 is 9.64 Å². The van der Waals surface area contributed by atoms with Crippen LogP contribution in [-0.4, -0.2) is 45.0 Å². The molecule has 3 aromatic rings. The number of carboxylic acid groups (broad SMARTS) is 1. The number of rotatable bonds is 6. The summed E-state index contributed by atoms with van der Waals surface area (Å²) < 4.78 is 8.23. The zero-order chi connectivity index (χ0) is 21.4. The van der Waals surface area contributed by atoms with Crippen molar-refractivity contribution < 1.29 is 14.6 Å². The van der Waals surface area contributed by atoms with Crippen LogP contribution in [0.2, 0.25) is 0 Å². The summed E-state index contributed by atoms with van der Waals surface area (Å²) in [5, 5.41) is 18.2. The molecule has 1 aliphatic carbocycles. The number of piperidine rings is 1. The van der Waals surface area contributed by atoms with E-state index >= 15 is 0 Å². The smallest absolute Gasteiger partial charge is 0.335 e. The molecule has 1 N–H and O–H groups in total. The molecule has 1 saturated carbocycles. The number of hydrogen-bond acceptors (Lipinski definition) is 5. The number of benzene rings is 2. The summed E-state index contributed by atoms with van der Waals surface area (Å²) in [7, 11) is 2.07. The zero-order valence-corrected chi connectivity index (χ0v) is 17.6. The minimum absolute atomic E-state index is 0.00477. The number of carboxylic acids is 1. The molecule has 2 heterocycles. The van der Waals surface area contributed by atoms with Crippen molar-refractivity contribution in [3.8, 4) is 5.75 Å². The van der Waals surface area contributed by atoms with E-state index in [1.54, 1.807) is 24.3 Å². The summed E-state index contributed by atoms with van der Waals surface area (Å²) in [6.07, 6.45) is 4.09. The van der Waals surface area contributed by atoms with Gasteiger partial charge in [0.2, 0.25) is 5.95 Å². The Hall–Kier alpha value is -3.35. The highest BCUT2D eigenvalue weighted by Gasteiger charge is 2.50. The van der Waals surface area contributed by atoms with Crippen molar-refractivity contribution in [1.82, 2.24) is 14.8 Å². The van der Waals surface area contributed by atoms with E-state index in [1.165, 1.54) is 5.56 Å². The van der Waals surface area contributed by atoms with Gasteiger partial charge in [0.05, 0.1) is 11.0 Å². The molecule has 7 heteroatoms. The second-order valence-electron chi connectivity index (χ2n) is 8.46. The third-order valence-corrected chi connectivity index (χ3v) is 6.49. The van der Waals surface area contributed by atoms with E-state index in [1.807, 2.05) is 0 Å². The van der Waals surface area contributed by atoms with Gasteiger partial charge in [0.15, 0.2) is 0 Å². The number of hydrogen-bond donors (Lipinski definition) is 1. The van der Waals surface area contributed by atoms with Crippen molar-refractivity contribution in [3.05, 3.63) is 71.5 Å². The summed E-state index contributed by atoms with van der Waals surface area (Å²) in [4.78, 5) is 13.3. The molecule has 0 atom stereocenters. The Morgan fingerprint density at radius 2 is 1.71 bits per heavy atom. The summed E-state index contributed by atoms with van der Waals surface area (Å²) in [5.41, 5.74) is 1.59. The maximum atomic E-state index is 11.0. The molecule has 1 saturated heterocycles. The number of nitrogens with zero attached hydrogens (tertiary/aromatic N) is 4. The lowest BCUT2D eigenvalue weighted by molar-refractivity contribution is 0.0697. The number of aromatic nitrogens is 3. The van der Waals surface area contributed by atoms with Gasteiger partial charge in [-0.15, -0.1) is 10.2 Å².